The monoisotopic (exact) mass is 347 g/mol. The predicted octanol–water partition coefficient (Wildman–Crippen LogP) is 3.51. The van der Waals surface area contributed by atoms with Gasteiger partial charge in [0, 0.05) is 10.8 Å². The number of pyridine rings is 2. The van der Waals surface area contributed by atoms with E-state index in [2.05, 4.69) is 15.0 Å². The van der Waals surface area contributed by atoms with Gasteiger partial charge in [0.1, 0.15) is 10.8 Å². The molecular weight excluding hydrogens is 343 g/mol. The summed E-state index contributed by atoms with van der Waals surface area (Å²) >= 11 is 7.79. The van der Waals surface area contributed by atoms with Gasteiger partial charge in [0.25, 0.3) is 0 Å². The number of hydrogen-bond donors (Lipinski definition) is 1. The van der Waals surface area contributed by atoms with E-state index in [1.54, 1.807) is 12.3 Å². The summed E-state index contributed by atoms with van der Waals surface area (Å²) in [5.74, 6) is -0.332. The first-order valence-electron chi connectivity index (χ1n) is 4.44. The molecule has 3 rings (SSSR count). The maximum absolute atomic E-state index is 13.4. The molecule has 0 unspecified atom stereocenters. The maximum atomic E-state index is 13.4. The van der Waals surface area contributed by atoms with Crippen molar-refractivity contribution in [3.8, 4) is 0 Å². The average Bonchev–Trinajstić information content (AvgIpc) is 2.62. The van der Waals surface area contributed by atoms with Crippen LogP contribution in [0.1, 0.15) is 0 Å². The van der Waals surface area contributed by atoms with E-state index in [-0.39, 0.29) is 5.82 Å². The fraction of sp³-hybridized carbons (Fsp3) is 0. The van der Waals surface area contributed by atoms with Crippen molar-refractivity contribution in [1.29, 1.82) is 0 Å². The van der Waals surface area contributed by atoms with E-state index in [1.807, 2.05) is 22.6 Å². The Morgan fingerprint density at radius 1 is 1.31 bits per heavy atom. The summed E-state index contributed by atoms with van der Waals surface area (Å²) in [5, 5.41) is 1.97. The molecule has 3 aromatic heterocycles. The number of hydrogen-bond acceptors (Lipinski definition) is 2. The number of nitrogens with one attached hydrogen (secondary N) is 1. The van der Waals surface area contributed by atoms with Crippen molar-refractivity contribution in [2.45, 2.75) is 0 Å². The molecule has 0 aliphatic carbocycles. The van der Waals surface area contributed by atoms with Crippen LogP contribution in [-0.4, -0.2) is 15.0 Å². The van der Waals surface area contributed by atoms with Crippen LogP contribution in [0.3, 0.4) is 0 Å². The summed E-state index contributed by atoms with van der Waals surface area (Å²) in [6.07, 6.45) is 2.82. The quantitative estimate of drug-likeness (QED) is 0.499. The fourth-order valence-corrected chi connectivity index (χ4v) is 2.51. The highest BCUT2D eigenvalue weighted by molar-refractivity contribution is 14.1. The van der Waals surface area contributed by atoms with Crippen molar-refractivity contribution in [2.75, 3.05) is 0 Å². The van der Waals surface area contributed by atoms with Crippen LogP contribution in [0.15, 0.2) is 18.5 Å². The predicted molar refractivity (Wildman–Crippen MR) is 69.1 cm³/mol. The lowest BCUT2D eigenvalue weighted by Gasteiger charge is -1.96. The molecule has 3 heterocycles. The third-order valence-electron chi connectivity index (χ3n) is 2.37. The second-order valence-electron chi connectivity index (χ2n) is 3.32. The van der Waals surface area contributed by atoms with Crippen LogP contribution in [0.25, 0.3) is 21.9 Å². The highest BCUT2D eigenvalue weighted by Gasteiger charge is 2.12. The van der Waals surface area contributed by atoms with E-state index in [0.717, 1.165) is 16.3 Å². The smallest absolute Gasteiger partial charge is 0.155 e. The SMILES string of the molecule is Fc1cnc2[nH]c3cnc(Cl)cc3c2c1I. The Morgan fingerprint density at radius 2 is 2.12 bits per heavy atom. The van der Waals surface area contributed by atoms with E-state index in [4.69, 9.17) is 11.6 Å². The fourth-order valence-electron chi connectivity index (χ4n) is 1.67. The summed E-state index contributed by atoms with van der Waals surface area (Å²) in [5.41, 5.74) is 1.44. The maximum Gasteiger partial charge on any atom is 0.155 e. The number of nitrogens with zero attached hydrogens (tertiary/aromatic N) is 2. The Bertz CT molecular complexity index is 710. The normalized spacial score (nSPS) is 11.4. The molecule has 0 aliphatic rings. The van der Waals surface area contributed by atoms with Crippen molar-refractivity contribution < 1.29 is 4.39 Å². The summed E-state index contributed by atoms with van der Waals surface area (Å²) < 4.78 is 14.0. The van der Waals surface area contributed by atoms with Gasteiger partial charge < -0.3 is 4.98 Å². The van der Waals surface area contributed by atoms with Crippen LogP contribution in [0.2, 0.25) is 5.15 Å². The molecular formula is C10H4ClFIN3. The van der Waals surface area contributed by atoms with Crippen molar-refractivity contribution >= 4 is 56.1 Å². The molecule has 0 atom stereocenters. The first-order valence-corrected chi connectivity index (χ1v) is 5.89. The zero-order valence-electron chi connectivity index (χ0n) is 7.76. The van der Waals surface area contributed by atoms with E-state index < -0.39 is 0 Å². The van der Waals surface area contributed by atoms with Gasteiger partial charge in [-0.3, -0.25) is 0 Å². The van der Waals surface area contributed by atoms with E-state index in [9.17, 15) is 4.39 Å². The Morgan fingerprint density at radius 3 is 2.94 bits per heavy atom. The number of aromatic amines is 1. The van der Waals surface area contributed by atoms with Crippen LogP contribution >= 0.6 is 34.2 Å². The molecule has 3 aromatic rings. The lowest BCUT2D eigenvalue weighted by molar-refractivity contribution is 0.617. The van der Waals surface area contributed by atoms with Crippen LogP contribution in [-0.2, 0) is 0 Å². The van der Waals surface area contributed by atoms with Crippen molar-refractivity contribution in [2.24, 2.45) is 0 Å². The van der Waals surface area contributed by atoms with Crippen molar-refractivity contribution in [3.05, 3.63) is 33.0 Å². The first-order chi connectivity index (χ1) is 7.66. The molecule has 0 bridgehead atoms. The molecule has 3 nitrogen and oxygen atoms in total. The van der Waals surface area contributed by atoms with Crippen molar-refractivity contribution in [3.63, 3.8) is 0 Å². The Balaban J connectivity index is 2.60. The number of halogens is 3. The molecule has 80 valence electrons. The summed E-state index contributed by atoms with van der Waals surface area (Å²) in [4.78, 5) is 11.0. The largest absolute Gasteiger partial charge is 0.338 e. The van der Waals surface area contributed by atoms with Crippen LogP contribution < -0.4 is 0 Å². The molecule has 0 saturated heterocycles. The zero-order chi connectivity index (χ0) is 11.3. The lowest BCUT2D eigenvalue weighted by Crippen LogP contribution is -1.85. The Kier molecular flexibility index (Phi) is 2.25. The lowest BCUT2D eigenvalue weighted by atomic mass is 10.2. The minimum absolute atomic E-state index is 0.332. The first kappa shape index (κ1) is 10.2. The van der Waals surface area contributed by atoms with Gasteiger partial charge in [-0.15, -0.1) is 0 Å². The highest BCUT2D eigenvalue weighted by atomic mass is 127. The Hall–Kier alpha value is -0.950. The number of aromatic nitrogens is 3. The molecule has 0 aliphatic heterocycles. The van der Waals surface area contributed by atoms with E-state index >= 15 is 0 Å². The molecule has 0 spiro atoms. The second kappa shape index (κ2) is 3.53. The molecule has 0 fully saturated rings. The van der Waals surface area contributed by atoms with Gasteiger partial charge in [0.2, 0.25) is 0 Å². The standard InChI is InChI=1S/C10H4ClFIN3/c11-7-1-4-6(3-14-7)16-10-8(4)9(13)5(12)2-15-10/h1-3H,(H,15,16). The molecule has 1 N–H and O–H groups in total. The summed E-state index contributed by atoms with van der Waals surface area (Å²) in [6, 6.07) is 1.71. The number of H-pyrrole nitrogens is 1. The van der Waals surface area contributed by atoms with Gasteiger partial charge >= 0.3 is 0 Å². The van der Waals surface area contributed by atoms with Gasteiger partial charge in [0.05, 0.1) is 21.5 Å². The molecule has 6 heteroatoms. The molecule has 16 heavy (non-hydrogen) atoms. The van der Waals surface area contributed by atoms with Crippen LogP contribution in [0.4, 0.5) is 4.39 Å². The van der Waals surface area contributed by atoms with E-state index in [1.165, 1.54) is 6.20 Å². The molecule has 0 saturated carbocycles. The topological polar surface area (TPSA) is 41.6 Å². The van der Waals surface area contributed by atoms with Gasteiger partial charge in [-0.25, -0.2) is 14.4 Å². The number of fused-ring (bicyclic) bond motifs is 3. The van der Waals surface area contributed by atoms with Gasteiger partial charge in [0.15, 0.2) is 5.82 Å². The molecule has 0 amide bonds. The third kappa shape index (κ3) is 1.38. The molecule has 0 radical (unpaired) electrons. The van der Waals surface area contributed by atoms with Crippen molar-refractivity contribution in [1.82, 2.24) is 15.0 Å². The summed E-state index contributed by atoms with van der Waals surface area (Å²) in [7, 11) is 0. The second-order valence-corrected chi connectivity index (χ2v) is 4.79. The minimum atomic E-state index is -0.332. The Labute approximate surface area is 108 Å². The average molecular weight is 348 g/mol. The zero-order valence-corrected chi connectivity index (χ0v) is 10.7. The summed E-state index contributed by atoms with van der Waals surface area (Å²) in [6.45, 7) is 0. The molecule has 0 aromatic carbocycles. The van der Waals surface area contributed by atoms with Crippen LogP contribution in [0.5, 0.6) is 0 Å². The van der Waals surface area contributed by atoms with Crippen LogP contribution in [0, 0.1) is 9.39 Å². The minimum Gasteiger partial charge on any atom is -0.338 e. The van der Waals surface area contributed by atoms with E-state index in [0.29, 0.717) is 14.4 Å². The third-order valence-corrected chi connectivity index (χ3v) is 3.63. The highest BCUT2D eigenvalue weighted by Crippen LogP contribution is 2.30. The number of rotatable bonds is 0. The van der Waals surface area contributed by atoms with Gasteiger partial charge in [-0.2, -0.15) is 0 Å². The van der Waals surface area contributed by atoms with Gasteiger partial charge in [-0.05, 0) is 28.7 Å². The van der Waals surface area contributed by atoms with Gasteiger partial charge in [-0.1, -0.05) is 11.6 Å².